The Morgan fingerprint density at radius 1 is 1.20 bits per heavy atom. The highest BCUT2D eigenvalue weighted by molar-refractivity contribution is 5.17. The number of nitrogens with one attached hydrogen (secondary N) is 1. The number of rotatable bonds is 2. The van der Waals surface area contributed by atoms with Crippen LogP contribution >= 0.6 is 0 Å². The molecular formula is C12H19N3. The molecule has 0 unspecified atom stereocenters. The summed E-state index contributed by atoms with van der Waals surface area (Å²) in [7, 11) is 2.19. The molecule has 2 aliphatic rings. The van der Waals surface area contributed by atoms with Crippen molar-refractivity contribution in [2.75, 3.05) is 13.1 Å². The normalized spacial score (nSPS) is 23.3. The Morgan fingerprint density at radius 3 is 2.60 bits per heavy atom. The van der Waals surface area contributed by atoms with Gasteiger partial charge in [0.15, 0.2) is 0 Å². The van der Waals surface area contributed by atoms with Crippen molar-refractivity contribution in [1.29, 1.82) is 0 Å². The van der Waals surface area contributed by atoms with Crippen molar-refractivity contribution in [3.63, 3.8) is 0 Å². The van der Waals surface area contributed by atoms with E-state index in [-0.39, 0.29) is 0 Å². The van der Waals surface area contributed by atoms with E-state index < -0.39 is 0 Å². The molecule has 0 atom stereocenters. The average Bonchev–Trinajstić information content (AvgIpc) is 3.04. The summed E-state index contributed by atoms with van der Waals surface area (Å²) in [5, 5.41) is 3.41. The average molecular weight is 205 g/mol. The third kappa shape index (κ3) is 1.69. The lowest BCUT2D eigenvalue weighted by molar-refractivity contribution is 0.436. The van der Waals surface area contributed by atoms with Crippen molar-refractivity contribution < 1.29 is 0 Å². The Labute approximate surface area is 90.9 Å². The van der Waals surface area contributed by atoms with Gasteiger partial charge >= 0.3 is 0 Å². The molecule has 0 radical (unpaired) electrons. The SMILES string of the molecule is Cn1c(C2CC2)cnc1C1CCNCC1. The van der Waals surface area contributed by atoms with Crippen LogP contribution in [0.3, 0.4) is 0 Å². The zero-order chi connectivity index (χ0) is 10.3. The minimum Gasteiger partial charge on any atom is -0.335 e. The van der Waals surface area contributed by atoms with Gasteiger partial charge in [0.1, 0.15) is 5.82 Å². The summed E-state index contributed by atoms with van der Waals surface area (Å²) in [4.78, 5) is 4.64. The molecule has 15 heavy (non-hydrogen) atoms. The first-order chi connectivity index (χ1) is 7.36. The monoisotopic (exact) mass is 205 g/mol. The Kier molecular flexibility index (Phi) is 2.28. The molecule has 3 heteroatoms. The second-order valence-electron chi connectivity index (χ2n) is 4.90. The first kappa shape index (κ1) is 9.40. The summed E-state index contributed by atoms with van der Waals surface area (Å²) in [5.74, 6) is 2.82. The van der Waals surface area contributed by atoms with Crippen LogP contribution in [-0.2, 0) is 7.05 Å². The van der Waals surface area contributed by atoms with Crippen LogP contribution in [0.25, 0.3) is 0 Å². The maximum atomic E-state index is 4.64. The number of piperidine rings is 1. The lowest BCUT2D eigenvalue weighted by atomic mass is 9.97. The van der Waals surface area contributed by atoms with Crippen LogP contribution in [0.5, 0.6) is 0 Å². The van der Waals surface area contributed by atoms with Crippen LogP contribution in [0.1, 0.15) is 49.0 Å². The first-order valence-electron chi connectivity index (χ1n) is 6.08. The van der Waals surface area contributed by atoms with Crippen molar-refractivity contribution in [3.8, 4) is 0 Å². The predicted molar refractivity (Wildman–Crippen MR) is 60.0 cm³/mol. The Hall–Kier alpha value is -0.830. The fourth-order valence-electron chi connectivity index (χ4n) is 2.66. The first-order valence-corrected chi connectivity index (χ1v) is 6.08. The summed E-state index contributed by atoms with van der Waals surface area (Å²) >= 11 is 0. The fraction of sp³-hybridized carbons (Fsp3) is 0.750. The fourth-order valence-corrected chi connectivity index (χ4v) is 2.66. The zero-order valence-electron chi connectivity index (χ0n) is 9.37. The molecule has 1 N–H and O–H groups in total. The van der Waals surface area contributed by atoms with E-state index in [1.807, 2.05) is 0 Å². The molecule has 3 nitrogen and oxygen atoms in total. The third-order valence-electron chi connectivity index (χ3n) is 3.76. The highest BCUT2D eigenvalue weighted by Crippen LogP contribution is 2.40. The molecule has 0 spiro atoms. The van der Waals surface area contributed by atoms with E-state index in [0.717, 1.165) is 19.0 Å². The molecule has 1 aromatic heterocycles. The van der Waals surface area contributed by atoms with Gasteiger partial charge < -0.3 is 9.88 Å². The molecule has 2 heterocycles. The van der Waals surface area contributed by atoms with Gasteiger partial charge in [0.25, 0.3) is 0 Å². The van der Waals surface area contributed by atoms with Crippen molar-refractivity contribution >= 4 is 0 Å². The summed E-state index contributed by atoms with van der Waals surface area (Å²) in [6, 6.07) is 0. The van der Waals surface area contributed by atoms with Crippen LogP contribution in [0.15, 0.2) is 6.20 Å². The Bertz CT molecular complexity index is 346. The standard InChI is InChI=1S/C12H19N3/c1-15-11(9-2-3-9)8-14-12(15)10-4-6-13-7-5-10/h8-10,13H,2-7H2,1H3. The van der Waals surface area contributed by atoms with Gasteiger partial charge in [-0.05, 0) is 38.8 Å². The summed E-state index contributed by atoms with van der Waals surface area (Å²) in [6.45, 7) is 2.30. The maximum Gasteiger partial charge on any atom is 0.111 e. The van der Waals surface area contributed by atoms with Gasteiger partial charge in [-0.1, -0.05) is 0 Å². The van der Waals surface area contributed by atoms with Gasteiger partial charge in [0.05, 0.1) is 0 Å². The van der Waals surface area contributed by atoms with E-state index in [2.05, 4.69) is 28.1 Å². The van der Waals surface area contributed by atoms with Gasteiger partial charge in [-0.15, -0.1) is 0 Å². The molecule has 82 valence electrons. The Morgan fingerprint density at radius 2 is 1.93 bits per heavy atom. The minimum atomic E-state index is 0.684. The summed E-state index contributed by atoms with van der Waals surface area (Å²) < 4.78 is 2.35. The third-order valence-corrected chi connectivity index (χ3v) is 3.76. The van der Waals surface area contributed by atoms with Gasteiger partial charge in [-0.25, -0.2) is 4.98 Å². The molecule has 3 rings (SSSR count). The largest absolute Gasteiger partial charge is 0.335 e. The topological polar surface area (TPSA) is 29.9 Å². The van der Waals surface area contributed by atoms with E-state index in [1.165, 1.54) is 37.2 Å². The summed E-state index contributed by atoms with van der Waals surface area (Å²) in [6.07, 6.45) is 7.33. The van der Waals surface area contributed by atoms with E-state index in [4.69, 9.17) is 0 Å². The molecule has 1 saturated heterocycles. The quantitative estimate of drug-likeness (QED) is 0.797. The number of nitrogens with zero attached hydrogens (tertiary/aromatic N) is 2. The van der Waals surface area contributed by atoms with Crippen LogP contribution in [0.2, 0.25) is 0 Å². The molecule has 1 saturated carbocycles. The second-order valence-corrected chi connectivity index (χ2v) is 4.90. The van der Waals surface area contributed by atoms with Gasteiger partial charge in [0.2, 0.25) is 0 Å². The van der Waals surface area contributed by atoms with Gasteiger partial charge in [-0.3, -0.25) is 0 Å². The number of hydrogen-bond donors (Lipinski definition) is 1. The molecular weight excluding hydrogens is 186 g/mol. The van der Waals surface area contributed by atoms with Crippen LogP contribution in [0, 0.1) is 0 Å². The van der Waals surface area contributed by atoms with Gasteiger partial charge in [0, 0.05) is 30.8 Å². The highest BCUT2D eigenvalue weighted by Gasteiger charge is 2.29. The van der Waals surface area contributed by atoms with Crippen LogP contribution in [-0.4, -0.2) is 22.6 Å². The minimum absolute atomic E-state index is 0.684. The van der Waals surface area contributed by atoms with E-state index in [0.29, 0.717) is 5.92 Å². The number of imidazole rings is 1. The van der Waals surface area contributed by atoms with Crippen LogP contribution < -0.4 is 5.32 Å². The lowest BCUT2D eigenvalue weighted by Crippen LogP contribution is -2.28. The lowest BCUT2D eigenvalue weighted by Gasteiger charge is -2.22. The molecule has 2 fully saturated rings. The highest BCUT2D eigenvalue weighted by atomic mass is 15.1. The molecule has 1 aliphatic heterocycles. The van der Waals surface area contributed by atoms with E-state index in [9.17, 15) is 0 Å². The molecule has 0 bridgehead atoms. The number of aromatic nitrogens is 2. The van der Waals surface area contributed by atoms with Crippen molar-refractivity contribution in [1.82, 2.24) is 14.9 Å². The predicted octanol–water partition coefficient (Wildman–Crippen LogP) is 1.76. The van der Waals surface area contributed by atoms with E-state index in [1.54, 1.807) is 0 Å². The maximum absolute atomic E-state index is 4.64. The van der Waals surface area contributed by atoms with Gasteiger partial charge in [-0.2, -0.15) is 0 Å². The Balaban J connectivity index is 1.83. The van der Waals surface area contributed by atoms with Crippen molar-refractivity contribution in [2.24, 2.45) is 7.05 Å². The summed E-state index contributed by atoms with van der Waals surface area (Å²) in [5.41, 5.74) is 1.46. The van der Waals surface area contributed by atoms with E-state index >= 15 is 0 Å². The molecule has 1 aromatic rings. The van der Waals surface area contributed by atoms with Crippen LogP contribution in [0.4, 0.5) is 0 Å². The van der Waals surface area contributed by atoms with Crippen molar-refractivity contribution in [2.45, 2.75) is 37.5 Å². The smallest absolute Gasteiger partial charge is 0.111 e. The molecule has 0 amide bonds. The molecule has 1 aliphatic carbocycles. The molecule has 0 aromatic carbocycles. The number of hydrogen-bond acceptors (Lipinski definition) is 2. The van der Waals surface area contributed by atoms with Crippen molar-refractivity contribution in [3.05, 3.63) is 17.7 Å². The zero-order valence-corrected chi connectivity index (χ0v) is 9.37. The second kappa shape index (κ2) is 3.63.